The first-order valence-electron chi connectivity index (χ1n) is 6.54. The van der Waals surface area contributed by atoms with Crippen LogP contribution in [0.25, 0.3) is 10.6 Å². The second kappa shape index (κ2) is 7.54. The third-order valence-electron chi connectivity index (χ3n) is 2.64. The molecular formula is C14H12FN3S4. The van der Waals surface area contributed by atoms with Crippen LogP contribution in [-0.2, 0) is 5.75 Å². The van der Waals surface area contributed by atoms with Crippen molar-refractivity contribution >= 4 is 46.2 Å². The Hall–Kier alpha value is -0.960. The van der Waals surface area contributed by atoms with Gasteiger partial charge in [-0.25, -0.2) is 9.37 Å². The number of thioether (sulfide) groups is 2. The summed E-state index contributed by atoms with van der Waals surface area (Å²) in [5.74, 6) is 1.54. The van der Waals surface area contributed by atoms with Crippen molar-refractivity contribution in [2.45, 2.75) is 21.4 Å². The molecular weight excluding hydrogens is 357 g/mol. The highest BCUT2D eigenvalue weighted by molar-refractivity contribution is 8.02. The minimum absolute atomic E-state index is 0.229. The monoisotopic (exact) mass is 369 g/mol. The summed E-state index contributed by atoms with van der Waals surface area (Å²) in [6.45, 7) is 2.10. The average Bonchev–Trinajstić information content (AvgIpc) is 3.16. The standard InChI is InChI=1S/C14H12FN3S4/c1-2-19-13-17-18-14(22-13)21-8-11-7-20-12(16-11)9-3-5-10(15)6-4-9/h3-7H,2,8H2,1H3. The summed E-state index contributed by atoms with van der Waals surface area (Å²) in [7, 11) is 0. The van der Waals surface area contributed by atoms with E-state index >= 15 is 0 Å². The first kappa shape index (κ1) is 15.9. The zero-order valence-corrected chi connectivity index (χ0v) is 14.9. The summed E-state index contributed by atoms with van der Waals surface area (Å²) in [6, 6.07) is 6.42. The van der Waals surface area contributed by atoms with E-state index in [0.29, 0.717) is 0 Å². The molecule has 2 aromatic heterocycles. The molecule has 3 rings (SSSR count). The zero-order chi connectivity index (χ0) is 15.4. The smallest absolute Gasteiger partial charge is 0.175 e. The molecule has 22 heavy (non-hydrogen) atoms. The van der Waals surface area contributed by atoms with Gasteiger partial charge in [-0.3, -0.25) is 0 Å². The summed E-state index contributed by atoms with van der Waals surface area (Å²) in [5.41, 5.74) is 1.95. The van der Waals surface area contributed by atoms with Gasteiger partial charge in [0, 0.05) is 16.7 Å². The Bertz CT molecular complexity index is 739. The summed E-state index contributed by atoms with van der Waals surface area (Å²) < 4.78 is 14.9. The van der Waals surface area contributed by atoms with E-state index < -0.39 is 0 Å². The predicted octanol–water partition coefficient (Wildman–Crippen LogP) is 5.21. The van der Waals surface area contributed by atoms with E-state index in [1.54, 1.807) is 58.3 Å². The van der Waals surface area contributed by atoms with Crippen LogP contribution in [-0.4, -0.2) is 20.9 Å². The van der Waals surface area contributed by atoms with Crippen molar-refractivity contribution < 1.29 is 4.39 Å². The van der Waals surface area contributed by atoms with Crippen LogP contribution < -0.4 is 0 Å². The molecule has 0 aliphatic carbocycles. The zero-order valence-electron chi connectivity index (χ0n) is 11.7. The molecule has 0 aliphatic heterocycles. The van der Waals surface area contributed by atoms with Gasteiger partial charge in [-0.05, 0) is 30.0 Å². The van der Waals surface area contributed by atoms with Gasteiger partial charge in [-0.2, -0.15) is 0 Å². The first-order valence-corrected chi connectivity index (χ1v) is 10.2. The SMILES string of the molecule is CCSc1nnc(SCc2csc(-c3ccc(F)cc3)n2)s1. The maximum atomic E-state index is 12.9. The molecule has 0 aliphatic rings. The molecule has 0 amide bonds. The van der Waals surface area contributed by atoms with Crippen molar-refractivity contribution in [3.8, 4) is 10.6 Å². The van der Waals surface area contributed by atoms with Gasteiger partial charge in [0.2, 0.25) is 0 Å². The third-order valence-corrected chi connectivity index (χ3v) is 6.69. The lowest BCUT2D eigenvalue weighted by Crippen LogP contribution is -1.82. The second-order valence-corrected chi connectivity index (χ2v) is 8.78. The highest BCUT2D eigenvalue weighted by atomic mass is 32.2. The topological polar surface area (TPSA) is 38.7 Å². The van der Waals surface area contributed by atoms with E-state index in [1.807, 2.05) is 5.38 Å². The normalized spacial score (nSPS) is 11.0. The molecule has 0 saturated carbocycles. The molecule has 8 heteroatoms. The Labute approximate surface area is 144 Å². The van der Waals surface area contributed by atoms with Crippen molar-refractivity contribution in [1.29, 1.82) is 0 Å². The van der Waals surface area contributed by atoms with E-state index in [1.165, 1.54) is 12.1 Å². The van der Waals surface area contributed by atoms with Crippen LogP contribution in [0.5, 0.6) is 0 Å². The van der Waals surface area contributed by atoms with Gasteiger partial charge in [0.15, 0.2) is 8.68 Å². The van der Waals surface area contributed by atoms with Gasteiger partial charge in [0.25, 0.3) is 0 Å². The lowest BCUT2D eigenvalue weighted by Gasteiger charge is -1.95. The highest BCUT2D eigenvalue weighted by Crippen LogP contribution is 2.32. The molecule has 0 atom stereocenters. The van der Waals surface area contributed by atoms with E-state index in [0.717, 1.165) is 36.5 Å². The molecule has 0 saturated heterocycles. The van der Waals surface area contributed by atoms with Gasteiger partial charge in [-0.15, -0.1) is 21.5 Å². The first-order chi connectivity index (χ1) is 10.7. The van der Waals surface area contributed by atoms with Gasteiger partial charge < -0.3 is 0 Å². The van der Waals surface area contributed by atoms with Crippen LogP contribution in [0.4, 0.5) is 4.39 Å². The maximum absolute atomic E-state index is 12.9. The number of rotatable bonds is 6. The maximum Gasteiger partial charge on any atom is 0.175 e. The molecule has 0 fully saturated rings. The van der Waals surface area contributed by atoms with Gasteiger partial charge in [0.1, 0.15) is 10.8 Å². The Morgan fingerprint density at radius 1 is 1.09 bits per heavy atom. The van der Waals surface area contributed by atoms with Gasteiger partial charge >= 0.3 is 0 Å². The number of nitrogens with zero attached hydrogens (tertiary/aromatic N) is 3. The van der Waals surface area contributed by atoms with Crippen LogP contribution >= 0.6 is 46.2 Å². The van der Waals surface area contributed by atoms with Crippen molar-refractivity contribution in [3.63, 3.8) is 0 Å². The second-order valence-electron chi connectivity index (χ2n) is 4.21. The lowest BCUT2D eigenvalue weighted by atomic mass is 10.2. The number of halogens is 1. The molecule has 3 aromatic rings. The number of benzene rings is 1. The molecule has 114 valence electrons. The fraction of sp³-hybridized carbons (Fsp3) is 0.214. The summed E-state index contributed by atoms with van der Waals surface area (Å²) in [6.07, 6.45) is 0. The number of hydrogen-bond acceptors (Lipinski definition) is 7. The minimum atomic E-state index is -0.229. The Morgan fingerprint density at radius 3 is 2.55 bits per heavy atom. The third kappa shape index (κ3) is 4.07. The van der Waals surface area contributed by atoms with E-state index in [4.69, 9.17) is 0 Å². The quantitative estimate of drug-likeness (QED) is 0.558. The summed E-state index contributed by atoms with van der Waals surface area (Å²) >= 11 is 6.55. The summed E-state index contributed by atoms with van der Waals surface area (Å²) in [5, 5.41) is 11.3. The van der Waals surface area contributed by atoms with Crippen molar-refractivity contribution in [3.05, 3.63) is 41.2 Å². The van der Waals surface area contributed by atoms with Crippen LogP contribution in [0.1, 0.15) is 12.6 Å². The predicted molar refractivity (Wildman–Crippen MR) is 93.4 cm³/mol. The molecule has 3 nitrogen and oxygen atoms in total. The Morgan fingerprint density at radius 2 is 1.82 bits per heavy atom. The Kier molecular flexibility index (Phi) is 5.46. The Balaban J connectivity index is 1.62. The van der Waals surface area contributed by atoms with E-state index in [9.17, 15) is 4.39 Å². The number of hydrogen-bond donors (Lipinski definition) is 0. The van der Waals surface area contributed by atoms with Crippen LogP contribution in [0.15, 0.2) is 38.3 Å². The fourth-order valence-electron chi connectivity index (χ4n) is 1.67. The molecule has 0 unspecified atom stereocenters. The van der Waals surface area contributed by atoms with Crippen LogP contribution in [0.2, 0.25) is 0 Å². The summed E-state index contributed by atoms with van der Waals surface area (Å²) in [4.78, 5) is 4.59. The molecule has 0 N–H and O–H groups in total. The van der Waals surface area contributed by atoms with Crippen molar-refractivity contribution in [1.82, 2.24) is 15.2 Å². The van der Waals surface area contributed by atoms with Crippen molar-refractivity contribution in [2.24, 2.45) is 0 Å². The van der Waals surface area contributed by atoms with Gasteiger partial charge in [-0.1, -0.05) is 41.8 Å². The largest absolute Gasteiger partial charge is 0.240 e. The fourth-order valence-corrected chi connectivity index (χ4v) is 5.41. The molecule has 0 radical (unpaired) electrons. The van der Waals surface area contributed by atoms with Gasteiger partial charge in [0.05, 0.1) is 5.69 Å². The molecule has 0 bridgehead atoms. The number of aromatic nitrogens is 3. The average molecular weight is 370 g/mol. The van der Waals surface area contributed by atoms with Crippen molar-refractivity contribution in [2.75, 3.05) is 5.75 Å². The molecule has 2 heterocycles. The van der Waals surface area contributed by atoms with Crippen LogP contribution in [0, 0.1) is 5.82 Å². The molecule has 1 aromatic carbocycles. The minimum Gasteiger partial charge on any atom is -0.240 e. The van der Waals surface area contributed by atoms with E-state index in [2.05, 4.69) is 22.1 Å². The molecule has 0 spiro atoms. The highest BCUT2D eigenvalue weighted by Gasteiger charge is 2.08. The lowest BCUT2D eigenvalue weighted by molar-refractivity contribution is 0.628. The van der Waals surface area contributed by atoms with E-state index in [-0.39, 0.29) is 5.82 Å². The number of thiazole rings is 1. The van der Waals surface area contributed by atoms with Crippen LogP contribution in [0.3, 0.4) is 0 Å².